The minimum atomic E-state index is -3.30. The van der Waals surface area contributed by atoms with Crippen molar-refractivity contribution in [1.29, 1.82) is 0 Å². The third-order valence-electron chi connectivity index (χ3n) is 5.57. The molecule has 168 valence electrons. The standard InChI is InChI=1S/C22H29N3O5S/c1-22(2,3)19-13-16(10-12-25(19)21(23)27)30-17-9-11-24(20(26)14-17)15-5-7-18(8-6-15)31(4,28)29/h5-9,11,14,16,19H,10,12-13H2,1-4H3,(H2,23,27). The van der Waals surface area contributed by atoms with Crippen LogP contribution in [0, 0.1) is 5.41 Å². The minimum Gasteiger partial charge on any atom is -0.490 e. The number of carbonyl (C=O) groups excluding carboxylic acids is 1. The first-order chi connectivity index (χ1) is 14.4. The van der Waals surface area contributed by atoms with Crippen molar-refractivity contribution in [3.05, 3.63) is 52.9 Å². The van der Waals surface area contributed by atoms with Crippen LogP contribution in [0.4, 0.5) is 4.79 Å². The van der Waals surface area contributed by atoms with Crippen molar-refractivity contribution in [3.8, 4) is 11.4 Å². The molecule has 1 aliphatic rings. The van der Waals surface area contributed by atoms with Gasteiger partial charge in [0.1, 0.15) is 11.9 Å². The topological polar surface area (TPSA) is 112 Å². The monoisotopic (exact) mass is 447 g/mol. The Hall–Kier alpha value is -2.81. The molecule has 1 fully saturated rings. The van der Waals surface area contributed by atoms with E-state index < -0.39 is 15.9 Å². The maximum atomic E-state index is 12.6. The summed E-state index contributed by atoms with van der Waals surface area (Å²) in [6.07, 6.45) is 3.86. The van der Waals surface area contributed by atoms with Crippen molar-refractivity contribution in [2.75, 3.05) is 12.8 Å². The Kier molecular flexibility index (Phi) is 6.18. The molecular weight excluding hydrogens is 418 g/mol. The first-order valence-electron chi connectivity index (χ1n) is 10.1. The molecule has 0 aliphatic carbocycles. The fourth-order valence-corrected chi connectivity index (χ4v) is 4.55. The van der Waals surface area contributed by atoms with Crippen LogP contribution in [0.1, 0.15) is 33.6 Å². The van der Waals surface area contributed by atoms with Gasteiger partial charge in [0.25, 0.3) is 5.56 Å². The predicted molar refractivity (Wildman–Crippen MR) is 118 cm³/mol. The van der Waals surface area contributed by atoms with Crippen molar-refractivity contribution in [2.24, 2.45) is 11.1 Å². The van der Waals surface area contributed by atoms with Crippen molar-refractivity contribution < 1.29 is 17.9 Å². The number of primary amides is 1. The summed E-state index contributed by atoms with van der Waals surface area (Å²) in [5.41, 5.74) is 5.67. The molecule has 1 aromatic heterocycles. The number of piperidine rings is 1. The van der Waals surface area contributed by atoms with Crippen LogP contribution in [-0.4, -0.2) is 48.9 Å². The van der Waals surface area contributed by atoms with Gasteiger partial charge >= 0.3 is 6.03 Å². The lowest BCUT2D eigenvalue weighted by molar-refractivity contribution is 0.0305. The second-order valence-corrected chi connectivity index (χ2v) is 11.0. The van der Waals surface area contributed by atoms with E-state index in [1.54, 1.807) is 29.3 Å². The molecule has 2 unspecified atom stereocenters. The van der Waals surface area contributed by atoms with Crippen LogP contribution in [0.15, 0.2) is 52.3 Å². The van der Waals surface area contributed by atoms with Gasteiger partial charge in [-0.3, -0.25) is 9.36 Å². The third kappa shape index (κ3) is 5.28. The fourth-order valence-electron chi connectivity index (χ4n) is 3.92. The number of likely N-dealkylation sites (tertiary alicyclic amines) is 1. The summed E-state index contributed by atoms with van der Waals surface area (Å²) in [6, 6.07) is 8.76. The molecule has 0 radical (unpaired) electrons. The number of hydrogen-bond acceptors (Lipinski definition) is 5. The van der Waals surface area contributed by atoms with E-state index in [2.05, 4.69) is 20.8 Å². The Labute approximate surface area is 182 Å². The number of nitrogens with two attached hydrogens (primary N) is 1. The molecule has 2 heterocycles. The van der Waals surface area contributed by atoms with Crippen molar-refractivity contribution in [3.63, 3.8) is 0 Å². The summed E-state index contributed by atoms with van der Waals surface area (Å²) in [5.74, 6) is 0.458. The molecule has 9 heteroatoms. The largest absolute Gasteiger partial charge is 0.490 e. The molecule has 31 heavy (non-hydrogen) atoms. The highest BCUT2D eigenvalue weighted by Gasteiger charge is 2.38. The Morgan fingerprint density at radius 3 is 2.32 bits per heavy atom. The smallest absolute Gasteiger partial charge is 0.315 e. The van der Waals surface area contributed by atoms with Crippen LogP contribution >= 0.6 is 0 Å². The van der Waals surface area contributed by atoms with Crippen molar-refractivity contribution in [2.45, 2.75) is 50.7 Å². The van der Waals surface area contributed by atoms with Gasteiger partial charge in [-0.1, -0.05) is 20.8 Å². The molecule has 0 saturated carbocycles. The van der Waals surface area contributed by atoms with Crippen LogP contribution in [0.5, 0.6) is 5.75 Å². The highest BCUT2D eigenvalue weighted by atomic mass is 32.2. The first-order valence-corrected chi connectivity index (χ1v) is 12.0. The number of nitrogens with zero attached hydrogens (tertiary/aromatic N) is 2. The highest BCUT2D eigenvalue weighted by Crippen LogP contribution is 2.33. The van der Waals surface area contributed by atoms with Gasteiger partial charge in [0, 0.05) is 49.6 Å². The van der Waals surface area contributed by atoms with Crippen LogP contribution in [0.3, 0.4) is 0 Å². The van der Waals surface area contributed by atoms with Gasteiger partial charge < -0.3 is 15.4 Å². The van der Waals surface area contributed by atoms with Crippen LogP contribution in [0.25, 0.3) is 5.69 Å². The normalized spacial score (nSPS) is 19.8. The fraction of sp³-hybridized carbons (Fsp3) is 0.455. The number of rotatable bonds is 4. The van der Waals surface area contributed by atoms with Gasteiger partial charge in [-0.25, -0.2) is 13.2 Å². The van der Waals surface area contributed by atoms with Gasteiger partial charge in [0.2, 0.25) is 0 Å². The molecule has 0 spiro atoms. The minimum absolute atomic E-state index is 0.0579. The number of sulfone groups is 1. The van der Waals surface area contributed by atoms with Gasteiger partial charge in [-0.15, -0.1) is 0 Å². The maximum absolute atomic E-state index is 12.6. The van der Waals surface area contributed by atoms with Gasteiger partial charge in [-0.05, 0) is 35.7 Å². The lowest BCUT2D eigenvalue weighted by Gasteiger charge is -2.45. The van der Waals surface area contributed by atoms with Gasteiger partial charge in [0.05, 0.1) is 4.90 Å². The third-order valence-corrected chi connectivity index (χ3v) is 6.70. The molecule has 1 saturated heterocycles. The molecule has 3 rings (SSSR count). The summed E-state index contributed by atoms with van der Waals surface area (Å²) in [4.78, 5) is 26.3. The predicted octanol–water partition coefficient (Wildman–Crippen LogP) is 2.58. The van der Waals surface area contributed by atoms with E-state index in [9.17, 15) is 18.0 Å². The number of ether oxygens (including phenoxy) is 1. The summed E-state index contributed by atoms with van der Waals surface area (Å²) >= 11 is 0. The number of aromatic nitrogens is 1. The Morgan fingerprint density at radius 1 is 1.16 bits per heavy atom. The molecule has 2 amide bonds. The first kappa shape index (κ1) is 22.9. The average molecular weight is 448 g/mol. The van der Waals surface area contributed by atoms with E-state index in [0.29, 0.717) is 30.8 Å². The Morgan fingerprint density at radius 2 is 1.81 bits per heavy atom. The molecule has 2 aromatic rings. The number of benzene rings is 1. The second kappa shape index (κ2) is 8.37. The highest BCUT2D eigenvalue weighted by molar-refractivity contribution is 7.90. The summed E-state index contributed by atoms with van der Waals surface area (Å²) in [5, 5.41) is 0. The van der Waals surface area contributed by atoms with E-state index >= 15 is 0 Å². The zero-order chi connectivity index (χ0) is 23.0. The molecular formula is C22H29N3O5S. The second-order valence-electron chi connectivity index (χ2n) is 9.01. The number of pyridine rings is 1. The molecule has 0 bridgehead atoms. The summed E-state index contributed by atoms with van der Waals surface area (Å²) in [7, 11) is -3.30. The van der Waals surface area contributed by atoms with Crippen LogP contribution in [0.2, 0.25) is 0 Å². The van der Waals surface area contributed by atoms with Crippen LogP contribution < -0.4 is 16.0 Å². The Balaban J connectivity index is 1.76. The summed E-state index contributed by atoms with van der Waals surface area (Å²) in [6.45, 7) is 6.69. The summed E-state index contributed by atoms with van der Waals surface area (Å²) < 4.78 is 30.7. The zero-order valence-corrected chi connectivity index (χ0v) is 19.1. The Bertz CT molecular complexity index is 1120. The lowest BCUT2D eigenvalue weighted by atomic mass is 9.80. The van der Waals surface area contributed by atoms with E-state index in [4.69, 9.17) is 10.5 Å². The average Bonchev–Trinajstić information content (AvgIpc) is 2.67. The number of carbonyl (C=O) groups is 1. The number of amides is 2. The van der Waals surface area contributed by atoms with E-state index in [1.807, 2.05) is 0 Å². The van der Waals surface area contributed by atoms with E-state index in [-0.39, 0.29) is 28.0 Å². The van der Waals surface area contributed by atoms with Gasteiger partial charge in [-0.2, -0.15) is 0 Å². The van der Waals surface area contributed by atoms with Crippen molar-refractivity contribution >= 4 is 15.9 Å². The van der Waals surface area contributed by atoms with Gasteiger partial charge in [0.15, 0.2) is 9.84 Å². The van der Waals surface area contributed by atoms with E-state index in [0.717, 1.165) is 6.26 Å². The number of hydrogen-bond donors (Lipinski definition) is 1. The maximum Gasteiger partial charge on any atom is 0.315 e. The van der Waals surface area contributed by atoms with E-state index in [1.165, 1.54) is 22.8 Å². The van der Waals surface area contributed by atoms with Crippen LogP contribution in [-0.2, 0) is 9.84 Å². The molecule has 2 N–H and O–H groups in total. The zero-order valence-electron chi connectivity index (χ0n) is 18.2. The number of urea groups is 1. The molecule has 1 aliphatic heterocycles. The molecule has 2 atom stereocenters. The SMILES string of the molecule is CC(C)(C)C1CC(Oc2ccn(-c3ccc(S(C)(=O)=O)cc3)c(=O)c2)CCN1C(N)=O. The van der Waals surface area contributed by atoms with Crippen molar-refractivity contribution in [1.82, 2.24) is 9.47 Å². The molecule has 1 aromatic carbocycles. The molecule has 8 nitrogen and oxygen atoms in total. The quantitative estimate of drug-likeness (QED) is 0.774. The lowest BCUT2D eigenvalue weighted by Crippen LogP contribution is -2.55.